The van der Waals surface area contributed by atoms with E-state index in [4.69, 9.17) is 0 Å². The number of nitrogens with zero attached hydrogens (tertiary/aromatic N) is 1. The molecule has 1 heterocycles. The van der Waals surface area contributed by atoms with Gasteiger partial charge in [0.25, 0.3) is 0 Å². The normalized spacial score (nSPS) is 25.1. The fourth-order valence-corrected chi connectivity index (χ4v) is 1.70. The summed E-state index contributed by atoms with van der Waals surface area (Å²) in [5.41, 5.74) is 0. The summed E-state index contributed by atoms with van der Waals surface area (Å²) >= 11 is 0. The Hall–Kier alpha value is -1.30. The maximum atomic E-state index is 11.3. The average molecular weight is 217 g/mol. The number of carbonyl (C=O) groups excluding carboxylic acids is 2. The Labute approximate surface area is 87.8 Å². The van der Waals surface area contributed by atoms with Gasteiger partial charge in [-0.05, 0) is 6.42 Å². The molecule has 1 rings (SSSR count). The summed E-state index contributed by atoms with van der Waals surface area (Å²) in [7, 11) is 2.55. The zero-order valence-corrected chi connectivity index (χ0v) is 8.80. The summed E-state index contributed by atoms with van der Waals surface area (Å²) in [6.07, 6.45) is -0.661. The maximum Gasteiger partial charge on any atom is 0.409 e. The molecule has 1 fully saturated rings. The molecular weight excluding hydrogens is 202 g/mol. The second-order valence-electron chi connectivity index (χ2n) is 3.45. The molecule has 6 heteroatoms. The van der Waals surface area contributed by atoms with Crippen molar-refractivity contribution in [2.45, 2.75) is 25.0 Å². The number of methoxy groups -OCH3 is 2. The largest absolute Gasteiger partial charge is 0.469 e. The standard InChI is InChI=1S/C9H15NO5/c1-14-8(12)4-6-3-7(11)5-10(6)9(13)15-2/h6-7,11H,3-5H2,1-2H3/t6-,7-/m1/s1. The zero-order valence-electron chi connectivity index (χ0n) is 8.80. The molecule has 86 valence electrons. The second kappa shape index (κ2) is 4.97. The highest BCUT2D eigenvalue weighted by Gasteiger charge is 2.36. The van der Waals surface area contributed by atoms with Crippen LogP contribution in [0, 0.1) is 0 Å². The van der Waals surface area contributed by atoms with Gasteiger partial charge in [0.1, 0.15) is 0 Å². The van der Waals surface area contributed by atoms with Crippen molar-refractivity contribution in [1.82, 2.24) is 4.90 Å². The Morgan fingerprint density at radius 2 is 2.07 bits per heavy atom. The van der Waals surface area contributed by atoms with Crippen LogP contribution in [0.5, 0.6) is 0 Å². The lowest BCUT2D eigenvalue weighted by atomic mass is 10.1. The first kappa shape index (κ1) is 11.8. The van der Waals surface area contributed by atoms with Gasteiger partial charge in [-0.25, -0.2) is 4.79 Å². The van der Waals surface area contributed by atoms with E-state index in [2.05, 4.69) is 9.47 Å². The maximum absolute atomic E-state index is 11.3. The molecule has 1 aliphatic rings. The van der Waals surface area contributed by atoms with E-state index >= 15 is 0 Å². The van der Waals surface area contributed by atoms with Gasteiger partial charge < -0.3 is 19.5 Å². The van der Waals surface area contributed by atoms with Crippen LogP contribution in [0.3, 0.4) is 0 Å². The van der Waals surface area contributed by atoms with E-state index in [0.717, 1.165) is 0 Å². The molecule has 0 saturated carbocycles. The number of aliphatic hydroxyl groups excluding tert-OH is 1. The molecule has 1 N–H and O–H groups in total. The van der Waals surface area contributed by atoms with Crippen molar-refractivity contribution in [2.24, 2.45) is 0 Å². The molecule has 0 bridgehead atoms. The van der Waals surface area contributed by atoms with Crippen molar-refractivity contribution < 1.29 is 24.2 Å². The number of β-amino-alcohol motifs (C(OH)–C–C–N with tert-alkyl or cyclic N) is 1. The molecule has 6 nitrogen and oxygen atoms in total. The smallest absolute Gasteiger partial charge is 0.409 e. The molecule has 0 radical (unpaired) electrons. The second-order valence-corrected chi connectivity index (χ2v) is 3.45. The lowest BCUT2D eigenvalue weighted by molar-refractivity contribution is -0.141. The fourth-order valence-electron chi connectivity index (χ4n) is 1.70. The Morgan fingerprint density at radius 1 is 1.40 bits per heavy atom. The van der Waals surface area contributed by atoms with E-state index in [0.29, 0.717) is 6.42 Å². The number of rotatable bonds is 2. The van der Waals surface area contributed by atoms with Gasteiger partial charge in [-0.3, -0.25) is 4.79 Å². The van der Waals surface area contributed by atoms with Crippen LogP contribution in [0.1, 0.15) is 12.8 Å². The van der Waals surface area contributed by atoms with Crippen LogP contribution >= 0.6 is 0 Å². The lowest BCUT2D eigenvalue weighted by Crippen LogP contribution is -2.37. The van der Waals surface area contributed by atoms with E-state index in [1.165, 1.54) is 19.1 Å². The fraction of sp³-hybridized carbons (Fsp3) is 0.778. The number of carbonyl (C=O) groups is 2. The predicted octanol–water partition coefficient (Wildman–Crippen LogP) is -0.249. The van der Waals surface area contributed by atoms with Gasteiger partial charge in [-0.1, -0.05) is 0 Å². The van der Waals surface area contributed by atoms with Gasteiger partial charge >= 0.3 is 12.1 Å². The number of hydrogen-bond donors (Lipinski definition) is 1. The van der Waals surface area contributed by atoms with Crippen molar-refractivity contribution in [3.05, 3.63) is 0 Å². The number of aliphatic hydroxyl groups is 1. The molecule has 0 aromatic rings. The van der Waals surface area contributed by atoms with Gasteiger partial charge in [0, 0.05) is 6.04 Å². The van der Waals surface area contributed by atoms with E-state index in [9.17, 15) is 14.7 Å². The monoisotopic (exact) mass is 217 g/mol. The molecule has 1 aliphatic heterocycles. The molecule has 0 aromatic heterocycles. The van der Waals surface area contributed by atoms with Gasteiger partial charge in [-0.15, -0.1) is 0 Å². The van der Waals surface area contributed by atoms with Crippen molar-refractivity contribution in [3.63, 3.8) is 0 Å². The summed E-state index contributed by atoms with van der Waals surface area (Å²) in [4.78, 5) is 23.7. The van der Waals surface area contributed by atoms with Crippen molar-refractivity contribution >= 4 is 12.1 Å². The van der Waals surface area contributed by atoms with Crippen LogP contribution in [0.25, 0.3) is 0 Å². The van der Waals surface area contributed by atoms with Gasteiger partial charge in [0.2, 0.25) is 0 Å². The van der Waals surface area contributed by atoms with Gasteiger partial charge in [0.15, 0.2) is 0 Å². The van der Waals surface area contributed by atoms with Crippen molar-refractivity contribution in [1.29, 1.82) is 0 Å². The molecule has 0 aromatic carbocycles. The third-order valence-electron chi connectivity index (χ3n) is 2.43. The number of hydrogen-bond acceptors (Lipinski definition) is 5. The van der Waals surface area contributed by atoms with Crippen LogP contribution in [0.15, 0.2) is 0 Å². The topological polar surface area (TPSA) is 76.1 Å². The minimum Gasteiger partial charge on any atom is -0.469 e. The Kier molecular flexibility index (Phi) is 3.90. The molecule has 1 amide bonds. The molecule has 0 aliphatic carbocycles. The molecule has 0 unspecified atom stereocenters. The highest BCUT2D eigenvalue weighted by molar-refractivity contribution is 5.73. The van der Waals surface area contributed by atoms with Crippen molar-refractivity contribution in [3.8, 4) is 0 Å². The van der Waals surface area contributed by atoms with Gasteiger partial charge in [0.05, 0.1) is 33.3 Å². The first-order valence-corrected chi connectivity index (χ1v) is 4.68. The number of amides is 1. The van der Waals surface area contributed by atoms with Crippen LogP contribution < -0.4 is 0 Å². The highest BCUT2D eigenvalue weighted by Crippen LogP contribution is 2.21. The zero-order chi connectivity index (χ0) is 11.4. The highest BCUT2D eigenvalue weighted by atomic mass is 16.5. The van der Waals surface area contributed by atoms with Crippen LogP contribution in [0.2, 0.25) is 0 Å². The number of likely N-dealkylation sites (tertiary alicyclic amines) is 1. The Morgan fingerprint density at radius 3 is 2.60 bits per heavy atom. The molecule has 2 atom stereocenters. The first-order valence-electron chi connectivity index (χ1n) is 4.68. The molecule has 1 saturated heterocycles. The summed E-state index contributed by atoms with van der Waals surface area (Å²) in [5.74, 6) is -0.400. The first-order chi connectivity index (χ1) is 7.08. The van der Waals surface area contributed by atoms with E-state index in [1.54, 1.807) is 0 Å². The minimum atomic E-state index is -0.598. The minimum absolute atomic E-state index is 0.0860. The summed E-state index contributed by atoms with van der Waals surface area (Å²) in [6, 6.07) is -0.333. The van der Waals surface area contributed by atoms with E-state index < -0.39 is 18.2 Å². The SMILES string of the molecule is COC(=O)C[C@H]1C[C@@H](O)CN1C(=O)OC. The van der Waals surface area contributed by atoms with E-state index in [1.807, 2.05) is 0 Å². The lowest BCUT2D eigenvalue weighted by Gasteiger charge is -2.21. The summed E-state index contributed by atoms with van der Waals surface area (Å²) in [6.45, 7) is 0.203. The summed E-state index contributed by atoms with van der Waals surface area (Å²) < 4.78 is 9.06. The third kappa shape index (κ3) is 2.82. The van der Waals surface area contributed by atoms with Crippen LogP contribution in [0.4, 0.5) is 4.79 Å². The van der Waals surface area contributed by atoms with E-state index in [-0.39, 0.29) is 19.0 Å². The van der Waals surface area contributed by atoms with Gasteiger partial charge in [-0.2, -0.15) is 0 Å². The average Bonchev–Trinajstić information content (AvgIpc) is 2.58. The number of esters is 1. The third-order valence-corrected chi connectivity index (χ3v) is 2.43. The van der Waals surface area contributed by atoms with Crippen LogP contribution in [-0.4, -0.2) is 55.0 Å². The Bertz CT molecular complexity index is 255. The molecule has 0 spiro atoms. The quantitative estimate of drug-likeness (QED) is 0.645. The Balaban J connectivity index is 2.60. The van der Waals surface area contributed by atoms with Crippen molar-refractivity contribution in [2.75, 3.05) is 20.8 Å². The van der Waals surface area contributed by atoms with Crippen LogP contribution in [-0.2, 0) is 14.3 Å². The summed E-state index contributed by atoms with van der Waals surface area (Å²) in [5, 5.41) is 9.40. The number of ether oxygens (including phenoxy) is 2. The molecular formula is C9H15NO5. The molecule has 15 heavy (non-hydrogen) atoms. The predicted molar refractivity (Wildman–Crippen MR) is 50.2 cm³/mol.